The van der Waals surface area contributed by atoms with E-state index in [-0.39, 0.29) is 5.82 Å². The first-order valence-corrected chi connectivity index (χ1v) is 8.21. The van der Waals surface area contributed by atoms with Crippen molar-refractivity contribution in [2.24, 2.45) is 4.99 Å². The average molecular weight is 306 g/mol. The van der Waals surface area contributed by atoms with Crippen LogP contribution >= 0.6 is 0 Å². The molecule has 116 valence electrons. The van der Waals surface area contributed by atoms with Crippen LogP contribution in [0.1, 0.15) is 31.7 Å². The van der Waals surface area contributed by atoms with Gasteiger partial charge in [-0.05, 0) is 67.1 Å². The lowest BCUT2D eigenvalue weighted by molar-refractivity contribution is 0.629. The van der Waals surface area contributed by atoms with Crippen molar-refractivity contribution in [3.8, 4) is 11.1 Å². The molecule has 0 unspecified atom stereocenters. The minimum atomic E-state index is -0.214. The monoisotopic (exact) mass is 306 g/mol. The second-order valence-electron chi connectivity index (χ2n) is 6.12. The zero-order valence-electron chi connectivity index (χ0n) is 13.2. The van der Waals surface area contributed by atoms with Crippen LogP contribution in [0, 0.1) is 5.82 Å². The summed E-state index contributed by atoms with van der Waals surface area (Å²) in [6.07, 6.45) is 6.29. The van der Waals surface area contributed by atoms with Crippen LogP contribution in [-0.2, 0) is 6.42 Å². The van der Waals surface area contributed by atoms with E-state index in [0.717, 1.165) is 53.4 Å². The van der Waals surface area contributed by atoms with E-state index in [1.54, 1.807) is 6.07 Å². The lowest BCUT2D eigenvalue weighted by atomic mass is 9.99. The predicted octanol–water partition coefficient (Wildman–Crippen LogP) is 5.79. The van der Waals surface area contributed by atoms with Gasteiger partial charge in [0.2, 0.25) is 0 Å². The number of aromatic nitrogens is 1. The SMILES string of the molecule is CCC1=Nc2ccc(-c3c[nH]c4cc(F)ccc34)cc2CCC1. The van der Waals surface area contributed by atoms with Crippen molar-refractivity contribution >= 4 is 22.3 Å². The summed E-state index contributed by atoms with van der Waals surface area (Å²) in [7, 11) is 0. The Morgan fingerprint density at radius 2 is 2.04 bits per heavy atom. The minimum absolute atomic E-state index is 0.214. The lowest BCUT2D eigenvalue weighted by Crippen LogP contribution is -1.93. The average Bonchev–Trinajstić information content (AvgIpc) is 2.86. The van der Waals surface area contributed by atoms with Gasteiger partial charge in [-0.3, -0.25) is 4.99 Å². The number of rotatable bonds is 2. The molecule has 0 spiro atoms. The number of hydrogen-bond donors (Lipinski definition) is 1. The summed E-state index contributed by atoms with van der Waals surface area (Å²) in [4.78, 5) is 7.98. The molecule has 23 heavy (non-hydrogen) atoms. The molecule has 1 aliphatic rings. The highest BCUT2D eigenvalue weighted by Crippen LogP contribution is 2.34. The summed E-state index contributed by atoms with van der Waals surface area (Å²) in [6, 6.07) is 11.4. The van der Waals surface area contributed by atoms with Gasteiger partial charge in [0.25, 0.3) is 0 Å². The topological polar surface area (TPSA) is 28.1 Å². The van der Waals surface area contributed by atoms with E-state index in [1.165, 1.54) is 17.3 Å². The first-order valence-electron chi connectivity index (χ1n) is 8.21. The molecule has 0 fully saturated rings. The fourth-order valence-corrected chi connectivity index (χ4v) is 3.36. The number of aromatic amines is 1. The van der Waals surface area contributed by atoms with Crippen molar-refractivity contribution in [1.82, 2.24) is 4.98 Å². The van der Waals surface area contributed by atoms with Crippen molar-refractivity contribution < 1.29 is 4.39 Å². The van der Waals surface area contributed by atoms with Crippen LogP contribution in [0.25, 0.3) is 22.0 Å². The molecule has 1 aliphatic heterocycles. The quantitative estimate of drug-likeness (QED) is 0.620. The number of benzene rings is 2. The van der Waals surface area contributed by atoms with Gasteiger partial charge in [-0.2, -0.15) is 0 Å². The van der Waals surface area contributed by atoms with E-state index in [9.17, 15) is 4.39 Å². The maximum Gasteiger partial charge on any atom is 0.125 e. The number of nitrogens with one attached hydrogen (secondary N) is 1. The molecular formula is C20H19FN2. The van der Waals surface area contributed by atoms with Crippen LogP contribution in [0.15, 0.2) is 47.6 Å². The van der Waals surface area contributed by atoms with Gasteiger partial charge in [-0.1, -0.05) is 13.0 Å². The Hall–Kier alpha value is -2.42. The number of aryl methyl sites for hydroxylation is 1. The van der Waals surface area contributed by atoms with Crippen molar-refractivity contribution in [2.45, 2.75) is 32.6 Å². The minimum Gasteiger partial charge on any atom is -0.360 e. The van der Waals surface area contributed by atoms with Gasteiger partial charge in [0.1, 0.15) is 5.82 Å². The number of aliphatic imine (C=N–C) groups is 1. The number of H-pyrrole nitrogens is 1. The Morgan fingerprint density at radius 3 is 2.91 bits per heavy atom. The van der Waals surface area contributed by atoms with E-state index in [0.29, 0.717) is 0 Å². The van der Waals surface area contributed by atoms with Crippen molar-refractivity contribution in [1.29, 1.82) is 0 Å². The molecular weight excluding hydrogens is 287 g/mol. The molecule has 0 amide bonds. The highest BCUT2D eigenvalue weighted by molar-refractivity contribution is 5.96. The smallest absolute Gasteiger partial charge is 0.125 e. The van der Waals surface area contributed by atoms with Crippen molar-refractivity contribution in [2.75, 3.05) is 0 Å². The van der Waals surface area contributed by atoms with Gasteiger partial charge >= 0.3 is 0 Å². The van der Waals surface area contributed by atoms with E-state index < -0.39 is 0 Å². The molecule has 3 heteroatoms. The van der Waals surface area contributed by atoms with E-state index in [4.69, 9.17) is 4.99 Å². The molecule has 0 atom stereocenters. The molecule has 0 bridgehead atoms. The highest BCUT2D eigenvalue weighted by Gasteiger charge is 2.12. The standard InChI is InChI=1S/C20H19FN2/c1-2-16-5-3-4-14-10-13(6-9-19(14)23-16)18-12-22-20-11-15(21)7-8-17(18)20/h6-12,22H,2-5H2,1H3. The Labute approximate surface area is 135 Å². The predicted molar refractivity (Wildman–Crippen MR) is 94.0 cm³/mol. The van der Waals surface area contributed by atoms with Gasteiger partial charge in [-0.15, -0.1) is 0 Å². The second-order valence-corrected chi connectivity index (χ2v) is 6.12. The van der Waals surface area contributed by atoms with Gasteiger partial charge in [0.15, 0.2) is 0 Å². The second kappa shape index (κ2) is 5.65. The maximum atomic E-state index is 13.4. The van der Waals surface area contributed by atoms with E-state index in [2.05, 4.69) is 30.1 Å². The van der Waals surface area contributed by atoms with Crippen LogP contribution in [0.2, 0.25) is 0 Å². The maximum absolute atomic E-state index is 13.4. The molecule has 0 saturated heterocycles. The molecule has 2 heterocycles. The fraction of sp³-hybridized carbons (Fsp3) is 0.250. The molecule has 2 aromatic carbocycles. The summed E-state index contributed by atoms with van der Waals surface area (Å²) >= 11 is 0. The van der Waals surface area contributed by atoms with E-state index in [1.807, 2.05) is 12.3 Å². The highest BCUT2D eigenvalue weighted by atomic mass is 19.1. The van der Waals surface area contributed by atoms with Crippen LogP contribution in [0.5, 0.6) is 0 Å². The number of halogens is 1. The lowest BCUT2D eigenvalue weighted by Gasteiger charge is -2.07. The van der Waals surface area contributed by atoms with Crippen LogP contribution in [-0.4, -0.2) is 10.7 Å². The summed E-state index contributed by atoms with van der Waals surface area (Å²) in [6.45, 7) is 2.17. The number of fused-ring (bicyclic) bond motifs is 2. The first kappa shape index (κ1) is 14.2. The third-order valence-corrected chi connectivity index (χ3v) is 4.63. The van der Waals surface area contributed by atoms with Crippen LogP contribution in [0.4, 0.5) is 10.1 Å². The summed E-state index contributed by atoms with van der Waals surface area (Å²) < 4.78 is 13.4. The number of hydrogen-bond acceptors (Lipinski definition) is 1. The Bertz CT molecular complexity index is 905. The zero-order chi connectivity index (χ0) is 15.8. The molecule has 2 nitrogen and oxygen atoms in total. The Morgan fingerprint density at radius 1 is 1.13 bits per heavy atom. The Balaban J connectivity index is 1.81. The van der Waals surface area contributed by atoms with E-state index >= 15 is 0 Å². The van der Waals surface area contributed by atoms with Crippen molar-refractivity contribution in [3.05, 3.63) is 54.0 Å². The zero-order valence-corrected chi connectivity index (χ0v) is 13.2. The molecule has 0 radical (unpaired) electrons. The van der Waals surface area contributed by atoms with Crippen LogP contribution < -0.4 is 0 Å². The first-order chi connectivity index (χ1) is 11.2. The third kappa shape index (κ3) is 2.56. The normalized spacial score (nSPS) is 14.4. The molecule has 3 aromatic rings. The van der Waals surface area contributed by atoms with Gasteiger partial charge in [0.05, 0.1) is 5.69 Å². The molecule has 4 rings (SSSR count). The Kier molecular flexibility index (Phi) is 3.49. The fourth-order valence-electron chi connectivity index (χ4n) is 3.36. The molecule has 1 N–H and O–H groups in total. The summed E-state index contributed by atoms with van der Waals surface area (Å²) in [5, 5.41) is 1.05. The summed E-state index contributed by atoms with van der Waals surface area (Å²) in [5.41, 5.74) is 6.82. The largest absolute Gasteiger partial charge is 0.360 e. The summed E-state index contributed by atoms with van der Waals surface area (Å²) in [5.74, 6) is -0.214. The molecule has 1 aromatic heterocycles. The van der Waals surface area contributed by atoms with Gasteiger partial charge < -0.3 is 4.98 Å². The number of nitrogens with zero attached hydrogens (tertiary/aromatic N) is 1. The molecule has 0 saturated carbocycles. The third-order valence-electron chi connectivity index (χ3n) is 4.63. The van der Waals surface area contributed by atoms with Crippen molar-refractivity contribution in [3.63, 3.8) is 0 Å². The van der Waals surface area contributed by atoms with Gasteiger partial charge in [0, 0.05) is 28.4 Å². The molecule has 0 aliphatic carbocycles. The van der Waals surface area contributed by atoms with Crippen LogP contribution in [0.3, 0.4) is 0 Å². The van der Waals surface area contributed by atoms with Gasteiger partial charge in [-0.25, -0.2) is 4.39 Å².